The van der Waals surface area contributed by atoms with Crippen molar-refractivity contribution in [2.24, 2.45) is 5.92 Å². The number of nitrogens with one attached hydrogen (secondary N) is 1. The maximum absolute atomic E-state index is 12.4. The lowest BCUT2D eigenvalue weighted by molar-refractivity contribution is 0.102. The number of rotatable bonds is 6. The second kappa shape index (κ2) is 7.19. The molecule has 2 aromatic heterocycles. The van der Waals surface area contributed by atoms with E-state index in [1.54, 1.807) is 6.20 Å². The number of hydrogen-bond donors (Lipinski definition) is 1. The van der Waals surface area contributed by atoms with E-state index >= 15 is 0 Å². The molecule has 2 heterocycles. The number of carbonyl (C=O) groups is 1. The van der Waals surface area contributed by atoms with E-state index in [0.29, 0.717) is 17.1 Å². The topological polar surface area (TPSA) is 64.7 Å². The van der Waals surface area contributed by atoms with Gasteiger partial charge in [-0.2, -0.15) is 10.2 Å². The maximum atomic E-state index is 12.4. The number of hydrogen-bond acceptors (Lipinski definition) is 3. The van der Waals surface area contributed by atoms with Crippen LogP contribution in [0.4, 0.5) is 5.69 Å². The van der Waals surface area contributed by atoms with Crippen LogP contribution in [0.15, 0.2) is 36.7 Å². The molecule has 1 N–H and O–H groups in total. The van der Waals surface area contributed by atoms with Gasteiger partial charge in [-0.3, -0.25) is 14.2 Å². The normalized spacial score (nSPS) is 13.7. The monoisotopic (exact) mass is 383 g/mol. The van der Waals surface area contributed by atoms with Gasteiger partial charge in [-0.1, -0.05) is 23.7 Å². The summed E-state index contributed by atoms with van der Waals surface area (Å²) >= 11 is 6.20. The summed E-state index contributed by atoms with van der Waals surface area (Å²) in [4.78, 5) is 12.4. The van der Waals surface area contributed by atoms with Crippen LogP contribution in [0.25, 0.3) is 0 Å². The van der Waals surface area contributed by atoms with Crippen LogP contribution in [-0.2, 0) is 13.1 Å². The van der Waals surface area contributed by atoms with Gasteiger partial charge in [-0.15, -0.1) is 0 Å². The highest BCUT2D eigenvalue weighted by Gasteiger charge is 2.22. The van der Waals surface area contributed by atoms with Gasteiger partial charge in [0.1, 0.15) is 0 Å². The fraction of sp³-hybridized carbons (Fsp3) is 0.350. The molecule has 3 aromatic rings. The van der Waals surface area contributed by atoms with Gasteiger partial charge >= 0.3 is 0 Å². The summed E-state index contributed by atoms with van der Waals surface area (Å²) in [6, 6.07) is 7.53. The number of amides is 1. The second-order valence-corrected chi connectivity index (χ2v) is 7.57. The summed E-state index contributed by atoms with van der Waals surface area (Å²) in [6.45, 7) is 5.40. The van der Waals surface area contributed by atoms with Crippen molar-refractivity contribution in [2.75, 3.05) is 5.32 Å². The molecule has 0 aliphatic heterocycles. The fourth-order valence-electron chi connectivity index (χ4n) is 3.06. The first-order valence-electron chi connectivity index (χ1n) is 9.12. The van der Waals surface area contributed by atoms with Crippen LogP contribution in [0.5, 0.6) is 0 Å². The predicted octanol–water partition coefficient (Wildman–Crippen LogP) is 4.06. The molecule has 0 unspecified atom stereocenters. The van der Waals surface area contributed by atoms with E-state index in [0.717, 1.165) is 35.1 Å². The van der Waals surface area contributed by atoms with Gasteiger partial charge in [0, 0.05) is 18.3 Å². The maximum Gasteiger partial charge on any atom is 0.255 e. The van der Waals surface area contributed by atoms with E-state index < -0.39 is 0 Å². The van der Waals surface area contributed by atoms with Crippen molar-refractivity contribution in [3.8, 4) is 0 Å². The highest BCUT2D eigenvalue weighted by molar-refractivity contribution is 6.31. The minimum atomic E-state index is -0.137. The van der Waals surface area contributed by atoms with E-state index in [9.17, 15) is 4.79 Å². The Bertz CT molecular complexity index is 969. The number of halogens is 1. The lowest BCUT2D eigenvalue weighted by atomic mass is 10.1. The molecule has 1 amide bonds. The van der Waals surface area contributed by atoms with Gasteiger partial charge in [-0.25, -0.2) is 0 Å². The Labute approximate surface area is 163 Å². The molecular weight excluding hydrogens is 362 g/mol. The first kappa shape index (κ1) is 17.8. The molecule has 1 aliphatic rings. The van der Waals surface area contributed by atoms with Crippen LogP contribution in [0.3, 0.4) is 0 Å². The molecule has 1 fully saturated rings. The number of nitrogens with zero attached hydrogens (tertiary/aromatic N) is 4. The zero-order chi connectivity index (χ0) is 19.0. The van der Waals surface area contributed by atoms with Crippen molar-refractivity contribution in [1.29, 1.82) is 0 Å². The molecule has 0 saturated heterocycles. The molecule has 4 rings (SSSR count). The molecule has 1 aromatic carbocycles. The van der Waals surface area contributed by atoms with Crippen LogP contribution in [0.2, 0.25) is 5.02 Å². The molecule has 1 aliphatic carbocycles. The molecule has 7 heteroatoms. The number of aromatic nitrogens is 4. The van der Waals surface area contributed by atoms with E-state index in [2.05, 4.69) is 15.5 Å². The van der Waals surface area contributed by atoms with Crippen LogP contribution >= 0.6 is 11.6 Å². The summed E-state index contributed by atoms with van der Waals surface area (Å²) < 4.78 is 3.77. The van der Waals surface area contributed by atoms with E-state index in [1.165, 1.54) is 12.8 Å². The van der Waals surface area contributed by atoms with Gasteiger partial charge < -0.3 is 5.32 Å². The third kappa shape index (κ3) is 4.06. The molecular formula is C20H22ClN5O. The third-order valence-electron chi connectivity index (χ3n) is 4.87. The predicted molar refractivity (Wildman–Crippen MR) is 105 cm³/mol. The lowest BCUT2D eigenvalue weighted by Crippen LogP contribution is -2.12. The zero-order valence-electron chi connectivity index (χ0n) is 15.4. The number of anilines is 1. The van der Waals surface area contributed by atoms with Crippen LogP contribution in [0, 0.1) is 19.8 Å². The highest BCUT2D eigenvalue weighted by Crippen LogP contribution is 2.30. The van der Waals surface area contributed by atoms with Gasteiger partial charge in [0.05, 0.1) is 34.8 Å². The molecule has 140 valence electrons. The van der Waals surface area contributed by atoms with Crippen LogP contribution in [-0.4, -0.2) is 25.5 Å². The minimum Gasteiger partial charge on any atom is -0.319 e. The summed E-state index contributed by atoms with van der Waals surface area (Å²) in [5.74, 6) is 0.611. The highest BCUT2D eigenvalue weighted by atomic mass is 35.5. The van der Waals surface area contributed by atoms with E-state index in [1.807, 2.05) is 53.7 Å². The molecule has 0 spiro atoms. The van der Waals surface area contributed by atoms with Gasteiger partial charge in [-0.05, 0) is 50.3 Å². The van der Waals surface area contributed by atoms with Crippen molar-refractivity contribution in [3.05, 3.63) is 64.2 Å². The van der Waals surface area contributed by atoms with Crippen LogP contribution < -0.4 is 5.32 Å². The van der Waals surface area contributed by atoms with Crippen molar-refractivity contribution >= 4 is 23.2 Å². The van der Waals surface area contributed by atoms with Crippen LogP contribution in [0.1, 0.15) is 40.2 Å². The number of aryl methyl sites for hydroxylation is 1. The minimum absolute atomic E-state index is 0.137. The van der Waals surface area contributed by atoms with E-state index in [4.69, 9.17) is 11.6 Å². The summed E-state index contributed by atoms with van der Waals surface area (Å²) in [7, 11) is 0. The first-order valence-corrected chi connectivity index (χ1v) is 9.49. The van der Waals surface area contributed by atoms with Gasteiger partial charge in [0.2, 0.25) is 0 Å². The quantitative estimate of drug-likeness (QED) is 0.698. The molecule has 1 saturated carbocycles. The van der Waals surface area contributed by atoms with Crippen molar-refractivity contribution in [1.82, 2.24) is 19.6 Å². The zero-order valence-corrected chi connectivity index (χ0v) is 16.2. The largest absolute Gasteiger partial charge is 0.319 e. The summed E-state index contributed by atoms with van der Waals surface area (Å²) in [6.07, 6.45) is 6.13. The third-order valence-corrected chi connectivity index (χ3v) is 5.42. The lowest BCUT2D eigenvalue weighted by Gasteiger charge is -2.07. The standard InChI is InChI=1S/C20H22ClN5O/c1-13-19(21)14(2)26(24-13)11-16-5-7-17(8-6-16)20(27)23-18-9-22-25(12-18)10-15-3-4-15/h5-9,12,15H,3-4,10-11H2,1-2H3,(H,23,27). The Kier molecular flexibility index (Phi) is 4.74. The molecule has 0 bridgehead atoms. The smallest absolute Gasteiger partial charge is 0.255 e. The molecule has 27 heavy (non-hydrogen) atoms. The van der Waals surface area contributed by atoms with Gasteiger partial charge in [0.25, 0.3) is 5.91 Å². The average molecular weight is 384 g/mol. The first-order chi connectivity index (χ1) is 13.0. The molecule has 6 nitrogen and oxygen atoms in total. The van der Waals surface area contributed by atoms with E-state index in [-0.39, 0.29) is 5.91 Å². The number of carbonyl (C=O) groups excluding carboxylic acids is 1. The van der Waals surface area contributed by atoms with Crippen molar-refractivity contribution in [3.63, 3.8) is 0 Å². The number of benzene rings is 1. The second-order valence-electron chi connectivity index (χ2n) is 7.19. The Hall–Kier alpha value is -2.60. The molecule has 0 radical (unpaired) electrons. The Morgan fingerprint density at radius 1 is 1.26 bits per heavy atom. The Morgan fingerprint density at radius 3 is 2.63 bits per heavy atom. The summed E-state index contributed by atoms with van der Waals surface area (Å²) in [5.41, 5.74) is 4.17. The average Bonchev–Trinajstić information content (AvgIpc) is 3.31. The van der Waals surface area contributed by atoms with Gasteiger partial charge in [0.15, 0.2) is 0 Å². The molecule has 0 atom stereocenters. The summed E-state index contributed by atoms with van der Waals surface area (Å²) in [5, 5.41) is 12.4. The van der Waals surface area contributed by atoms with Crippen molar-refractivity contribution in [2.45, 2.75) is 39.8 Å². The fourth-order valence-corrected chi connectivity index (χ4v) is 3.20. The Morgan fingerprint density at radius 2 is 2.00 bits per heavy atom. The SMILES string of the molecule is Cc1nn(Cc2ccc(C(=O)Nc3cnn(CC4CC4)c3)cc2)c(C)c1Cl. The van der Waals surface area contributed by atoms with Crippen molar-refractivity contribution < 1.29 is 4.79 Å². The Balaban J connectivity index is 1.39.